The van der Waals surface area contributed by atoms with Gasteiger partial charge in [-0.05, 0) is 0 Å². The lowest BCUT2D eigenvalue weighted by molar-refractivity contribution is -0.229. The summed E-state index contributed by atoms with van der Waals surface area (Å²) in [4.78, 5) is 11.1. The van der Waals surface area contributed by atoms with Crippen molar-refractivity contribution in [1.29, 1.82) is 0 Å². The zero-order chi connectivity index (χ0) is 12.3. The third-order valence-corrected chi connectivity index (χ3v) is 2.66. The van der Waals surface area contributed by atoms with E-state index in [0.717, 1.165) is 0 Å². The Morgan fingerprint density at radius 3 is 2.25 bits per heavy atom. The molecule has 0 aliphatic carbocycles. The lowest BCUT2D eigenvalue weighted by Gasteiger charge is -2.39. The first-order valence-corrected chi connectivity index (χ1v) is 5.02. The standard InChI is InChI=1S/C9H17NO6/c1-10-6(12)2-4-7(13)9(15)8(14)5(3-11)16-4/h4-5,7-9,11,13-15H,2-3H2,1H3,(H,10,12)/t4?,5-,7+,8-,9-/m1/s1. The molecule has 94 valence electrons. The predicted molar refractivity (Wildman–Crippen MR) is 52.5 cm³/mol. The second-order valence-electron chi connectivity index (χ2n) is 3.74. The van der Waals surface area contributed by atoms with Crippen LogP contribution in [0, 0.1) is 0 Å². The van der Waals surface area contributed by atoms with E-state index in [1.807, 2.05) is 0 Å². The summed E-state index contributed by atoms with van der Waals surface area (Å²) >= 11 is 0. The number of carbonyl (C=O) groups is 1. The molecule has 1 aliphatic heterocycles. The summed E-state index contributed by atoms with van der Waals surface area (Å²) in [6.07, 6.45) is -6.21. The summed E-state index contributed by atoms with van der Waals surface area (Å²) in [7, 11) is 1.44. The first-order valence-electron chi connectivity index (χ1n) is 5.02. The molecule has 5 N–H and O–H groups in total. The molecule has 1 unspecified atom stereocenters. The molecular weight excluding hydrogens is 218 g/mol. The lowest BCUT2D eigenvalue weighted by atomic mass is 9.93. The molecule has 16 heavy (non-hydrogen) atoms. The van der Waals surface area contributed by atoms with Gasteiger partial charge in [0, 0.05) is 7.05 Å². The Morgan fingerprint density at radius 1 is 1.19 bits per heavy atom. The minimum Gasteiger partial charge on any atom is -0.394 e. The van der Waals surface area contributed by atoms with Gasteiger partial charge in [0.05, 0.1) is 19.1 Å². The van der Waals surface area contributed by atoms with Crippen molar-refractivity contribution in [2.75, 3.05) is 13.7 Å². The molecule has 1 aliphatic rings. The normalized spacial score (nSPS) is 39.4. The number of aliphatic hydroxyl groups excluding tert-OH is 4. The van der Waals surface area contributed by atoms with Crippen LogP contribution < -0.4 is 5.32 Å². The highest BCUT2D eigenvalue weighted by Crippen LogP contribution is 2.22. The zero-order valence-corrected chi connectivity index (χ0v) is 8.91. The quantitative estimate of drug-likeness (QED) is 0.355. The molecule has 0 radical (unpaired) electrons. The number of aliphatic hydroxyl groups is 4. The topological polar surface area (TPSA) is 119 Å². The van der Waals surface area contributed by atoms with Crippen molar-refractivity contribution >= 4 is 5.91 Å². The van der Waals surface area contributed by atoms with Gasteiger partial charge >= 0.3 is 0 Å². The second kappa shape index (κ2) is 5.55. The van der Waals surface area contributed by atoms with Crippen LogP contribution in [0.1, 0.15) is 6.42 Å². The van der Waals surface area contributed by atoms with Gasteiger partial charge in [-0.2, -0.15) is 0 Å². The van der Waals surface area contributed by atoms with E-state index in [9.17, 15) is 20.1 Å². The third kappa shape index (κ3) is 2.69. The zero-order valence-electron chi connectivity index (χ0n) is 8.91. The van der Waals surface area contributed by atoms with Crippen LogP contribution in [-0.2, 0) is 9.53 Å². The molecule has 0 aromatic rings. The Labute approximate surface area is 92.7 Å². The predicted octanol–water partition coefficient (Wildman–Crippen LogP) is -3.04. The van der Waals surface area contributed by atoms with Crippen LogP contribution in [0.25, 0.3) is 0 Å². The lowest BCUT2D eigenvalue weighted by Crippen LogP contribution is -2.59. The van der Waals surface area contributed by atoms with E-state index in [0.29, 0.717) is 0 Å². The fourth-order valence-corrected chi connectivity index (χ4v) is 1.63. The molecule has 0 spiro atoms. The number of ether oxygens (including phenoxy) is 1. The SMILES string of the molecule is CNC(=O)CC1O[C@H](CO)[C@@H](O)[C@H](O)[C@H]1O. The average Bonchev–Trinajstić information content (AvgIpc) is 2.29. The minimum absolute atomic E-state index is 0.141. The highest BCUT2D eigenvalue weighted by Gasteiger charge is 2.43. The van der Waals surface area contributed by atoms with Crippen molar-refractivity contribution in [2.24, 2.45) is 0 Å². The van der Waals surface area contributed by atoms with E-state index in [-0.39, 0.29) is 12.3 Å². The largest absolute Gasteiger partial charge is 0.394 e. The Balaban J connectivity index is 2.67. The molecular formula is C9H17NO6. The second-order valence-corrected chi connectivity index (χ2v) is 3.74. The highest BCUT2D eigenvalue weighted by molar-refractivity contribution is 5.76. The number of nitrogens with one attached hydrogen (secondary N) is 1. The summed E-state index contributed by atoms with van der Waals surface area (Å²) in [5.41, 5.74) is 0. The first kappa shape index (κ1) is 13.3. The van der Waals surface area contributed by atoms with Gasteiger partial charge in [0.2, 0.25) is 5.91 Å². The molecule has 1 heterocycles. The van der Waals surface area contributed by atoms with Gasteiger partial charge in [-0.3, -0.25) is 4.79 Å². The van der Waals surface area contributed by atoms with E-state index in [4.69, 9.17) is 9.84 Å². The molecule has 1 amide bonds. The fourth-order valence-electron chi connectivity index (χ4n) is 1.63. The third-order valence-electron chi connectivity index (χ3n) is 2.66. The van der Waals surface area contributed by atoms with Gasteiger partial charge in [0.1, 0.15) is 24.4 Å². The Hall–Kier alpha value is -0.730. The molecule has 0 aromatic carbocycles. The monoisotopic (exact) mass is 235 g/mol. The van der Waals surface area contributed by atoms with Crippen LogP contribution in [0.2, 0.25) is 0 Å². The van der Waals surface area contributed by atoms with Gasteiger partial charge in [0.15, 0.2) is 0 Å². The highest BCUT2D eigenvalue weighted by atomic mass is 16.5. The van der Waals surface area contributed by atoms with Crippen LogP contribution in [-0.4, -0.2) is 70.5 Å². The van der Waals surface area contributed by atoms with Crippen LogP contribution in [0.3, 0.4) is 0 Å². The van der Waals surface area contributed by atoms with Crippen molar-refractivity contribution in [1.82, 2.24) is 5.32 Å². The molecule has 0 aromatic heterocycles. The van der Waals surface area contributed by atoms with Crippen molar-refractivity contribution in [3.05, 3.63) is 0 Å². The van der Waals surface area contributed by atoms with Gasteiger partial charge in [0.25, 0.3) is 0 Å². The molecule has 5 atom stereocenters. The Bertz CT molecular complexity index is 246. The van der Waals surface area contributed by atoms with Crippen molar-refractivity contribution in [3.8, 4) is 0 Å². The van der Waals surface area contributed by atoms with Crippen LogP contribution >= 0.6 is 0 Å². The molecule has 0 bridgehead atoms. The molecule has 0 saturated carbocycles. The maximum absolute atomic E-state index is 11.1. The van der Waals surface area contributed by atoms with Crippen molar-refractivity contribution < 1.29 is 30.0 Å². The Morgan fingerprint density at radius 2 is 1.75 bits per heavy atom. The van der Waals surface area contributed by atoms with Crippen LogP contribution in [0.5, 0.6) is 0 Å². The van der Waals surface area contributed by atoms with Gasteiger partial charge in [-0.15, -0.1) is 0 Å². The van der Waals surface area contributed by atoms with Gasteiger partial charge in [-0.25, -0.2) is 0 Å². The summed E-state index contributed by atoms with van der Waals surface area (Å²) in [5.74, 6) is -0.357. The van der Waals surface area contributed by atoms with Gasteiger partial charge in [-0.1, -0.05) is 0 Å². The van der Waals surface area contributed by atoms with E-state index in [1.165, 1.54) is 7.05 Å². The summed E-state index contributed by atoms with van der Waals surface area (Å²) in [6.45, 7) is -0.491. The van der Waals surface area contributed by atoms with Gasteiger partial charge < -0.3 is 30.5 Å². The van der Waals surface area contributed by atoms with E-state index in [1.54, 1.807) is 0 Å². The summed E-state index contributed by atoms with van der Waals surface area (Å²) in [6, 6.07) is 0. The van der Waals surface area contributed by atoms with Crippen LogP contribution in [0.4, 0.5) is 0 Å². The molecule has 1 fully saturated rings. The molecule has 7 nitrogen and oxygen atoms in total. The summed E-state index contributed by atoms with van der Waals surface area (Å²) in [5, 5.41) is 39.7. The Kier molecular flexibility index (Phi) is 4.63. The number of hydrogen-bond acceptors (Lipinski definition) is 6. The summed E-state index contributed by atoms with van der Waals surface area (Å²) < 4.78 is 5.13. The maximum atomic E-state index is 11.1. The number of carbonyl (C=O) groups excluding carboxylic acids is 1. The minimum atomic E-state index is -1.43. The number of rotatable bonds is 3. The fraction of sp³-hybridized carbons (Fsp3) is 0.889. The smallest absolute Gasteiger partial charge is 0.222 e. The first-order chi connectivity index (χ1) is 7.51. The van der Waals surface area contributed by atoms with E-state index >= 15 is 0 Å². The maximum Gasteiger partial charge on any atom is 0.222 e. The van der Waals surface area contributed by atoms with E-state index < -0.39 is 37.1 Å². The van der Waals surface area contributed by atoms with Crippen LogP contribution in [0.15, 0.2) is 0 Å². The molecule has 7 heteroatoms. The molecule has 1 rings (SSSR count). The van der Waals surface area contributed by atoms with Crippen molar-refractivity contribution in [3.63, 3.8) is 0 Å². The molecule has 1 saturated heterocycles. The number of hydrogen-bond donors (Lipinski definition) is 5. The van der Waals surface area contributed by atoms with Crippen molar-refractivity contribution in [2.45, 2.75) is 36.9 Å². The van der Waals surface area contributed by atoms with E-state index in [2.05, 4.69) is 5.32 Å². The number of amides is 1. The average molecular weight is 235 g/mol.